The van der Waals surface area contributed by atoms with Gasteiger partial charge in [0.2, 0.25) is 15.9 Å². The number of carboxylic acid groups (broad SMARTS) is 1. The second-order valence-electron chi connectivity index (χ2n) is 5.84. The Morgan fingerprint density at radius 2 is 1.78 bits per heavy atom. The Balaban J connectivity index is 2.74. The molecule has 1 atom stereocenters. The Hall–Kier alpha value is -2.46. The molecule has 1 rings (SSSR count). The third-order valence-corrected chi connectivity index (χ3v) is 5.92. The second kappa shape index (κ2) is 10.0. The zero-order valence-electron chi connectivity index (χ0n) is 15.6. The smallest absolute Gasteiger partial charge is 0.308 e. The number of aliphatic carboxylic acids is 1. The normalized spacial score (nSPS) is 12.4. The number of rotatable bonds is 10. The van der Waals surface area contributed by atoms with E-state index < -0.39 is 33.7 Å². The quantitative estimate of drug-likeness (QED) is 0.518. The Morgan fingerprint density at radius 3 is 2.33 bits per heavy atom. The monoisotopic (exact) mass is 399 g/mol. The van der Waals surface area contributed by atoms with Crippen molar-refractivity contribution in [2.45, 2.75) is 25.7 Å². The molecule has 0 heterocycles. The molecule has 0 bridgehead atoms. The van der Waals surface area contributed by atoms with Crippen LogP contribution in [-0.4, -0.2) is 61.8 Å². The fraction of sp³-hybridized carbons (Fsp3) is 0.471. The fourth-order valence-corrected chi connectivity index (χ4v) is 3.69. The molecule has 0 radical (unpaired) electrons. The minimum atomic E-state index is -3.70. The van der Waals surface area contributed by atoms with Crippen LogP contribution < -0.4 is 10.6 Å². The van der Waals surface area contributed by atoms with Gasteiger partial charge in [0.1, 0.15) is 0 Å². The van der Waals surface area contributed by atoms with E-state index in [-0.39, 0.29) is 23.5 Å². The fourth-order valence-electron chi connectivity index (χ4n) is 2.19. The minimum absolute atomic E-state index is 0.00131. The predicted molar refractivity (Wildman–Crippen MR) is 98.7 cm³/mol. The van der Waals surface area contributed by atoms with Gasteiger partial charge in [0.25, 0.3) is 5.91 Å². The van der Waals surface area contributed by atoms with Crippen molar-refractivity contribution in [3.8, 4) is 0 Å². The van der Waals surface area contributed by atoms with Gasteiger partial charge < -0.3 is 15.7 Å². The van der Waals surface area contributed by atoms with Crippen molar-refractivity contribution in [3.63, 3.8) is 0 Å². The molecule has 150 valence electrons. The third-order valence-electron chi connectivity index (χ3n) is 3.88. The number of carboxylic acids is 1. The van der Waals surface area contributed by atoms with E-state index in [1.54, 1.807) is 13.8 Å². The van der Waals surface area contributed by atoms with Gasteiger partial charge in [-0.05, 0) is 18.2 Å². The molecule has 27 heavy (non-hydrogen) atoms. The molecule has 0 aliphatic carbocycles. The topological polar surface area (TPSA) is 133 Å². The lowest BCUT2D eigenvalue weighted by molar-refractivity contribution is -0.141. The van der Waals surface area contributed by atoms with Crippen LogP contribution in [0.25, 0.3) is 0 Å². The average molecular weight is 399 g/mol. The Labute approximate surface area is 158 Å². The van der Waals surface area contributed by atoms with Gasteiger partial charge in [0.15, 0.2) is 0 Å². The van der Waals surface area contributed by atoms with E-state index in [2.05, 4.69) is 10.6 Å². The number of nitrogens with zero attached hydrogens (tertiary/aromatic N) is 1. The van der Waals surface area contributed by atoms with Crippen LogP contribution >= 0.6 is 0 Å². The van der Waals surface area contributed by atoms with E-state index in [0.29, 0.717) is 13.1 Å². The summed E-state index contributed by atoms with van der Waals surface area (Å²) in [6.45, 7) is 5.11. The summed E-state index contributed by atoms with van der Waals surface area (Å²) in [5.41, 5.74) is 0.106. The van der Waals surface area contributed by atoms with Crippen LogP contribution in [0.2, 0.25) is 0 Å². The first-order valence-electron chi connectivity index (χ1n) is 8.51. The molecule has 0 spiro atoms. The molecule has 0 aliphatic heterocycles. The molecule has 10 heteroatoms. The van der Waals surface area contributed by atoms with E-state index in [4.69, 9.17) is 5.11 Å². The van der Waals surface area contributed by atoms with Crippen LogP contribution in [0.4, 0.5) is 0 Å². The summed E-state index contributed by atoms with van der Waals surface area (Å²) in [7, 11) is -3.70. The van der Waals surface area contributed by atoms with Crippen LogP contribution in [-0.2, 0) is 19.6 Å². The highest BCUT2D eigenvalue weighted by Gasteiger charge is 2.22. The van der Waals surface area contributed by atoms with Crippen molar-refractivity contribution in [1.29, 1.82) is 0 Å². The van der Waals surface area contributed by atoms with Crippen LogP contribution in [0.3, 0.4) is 0 Å². The zero-order valence-corrected chi connectivity index (χ0v) is 16.4. The van der Waals surface area contributed by atoms with E-state index >= 15 is 0 Å². The average Bonchev–Trinajstić information content (AvgIpc) is 2.64. The summed E-state index contributed by atoms with van der Waals surface area (Å²) >= 11 is 0. The molecular weight excluding hydrogens is 374 g/mol. The number of nitrogens with one attached hydrogen (secondary N) is 2. The Bertz CT molecular complexity index is 790. The van der Waals surface area contributed by atoms with Crippen molar-refractivity contribution in [3.05, 3.63) is 29.8 Å². The van der Waals surface area contributed by atoms with Crippen molar-refractivity contribution >= 4 is 27.8 Å². The first kappa shape index (κ1) is 22.6. The lowest BCUT2D eigenvalue weighted by Crippen LogP contribution is -2.39. The number of carbonyl (C=O) groups excluding carboxylic acids is 2. The summed E-state index contributed by atoms with van der Waals surface area (Å²) in [6, 6.07) is 5.57. The van der Waals surface area contributed by atoms with E-state index in [9.17, 15) is 22.8 Å². The molecule has 2 amide bonds. The van der Waals surface area contributed by atoms with Gasteiger partial charge >= 0.3 is 5.97 Å². The van der Waals surface area contributed by atoms with E-state index in [1.807, 2.05) is 0 Å². The van der Waals surface area contributed by atoms with Gasteiger partial charge in [0.05, 0.1) is 17.4 Å². The third kappa shape index (κ3) is 6.33. The number of sulfonamides is 1. The number of hydrogen-bond donors (Lipinski definition) is 3. The highest BCUT2D eigenvalue weighted by molar-refractivity contribution is 7.89. The maximum absolute atomic E-state index is 12.5. The maximum Gasteiger partial charge on any atom is 0.308 e. The largest absolute Gasteiger partial charge is 0.481 e. The van der Waals surface area contributed by atoms with Crippen molar-refractivity contribution in [2.24, 2.45) is 5.92 Å². The summed E-state index contributed by atoms with van der Waals surface area (Å²) < 4.78 is 26.3. The van der Waals surface area contributed by atoms with Crippen molar-refractivity contribution in [1.82, 2.24) is 14.9 Å². The van der Waals surface area contributed by atoms with Gasteiger partial charge in [0, 0.05) is 25.2 Å². The molecule has 0 fully saturated rings. The SMILES string of the molecule is CCN(CC)S(=O)(=O)c1cccc(C(=O)NCC(=O)NCC(C)C(=O)O)c1. The van der Waals surface area contributed by atoms with Gasteiger partial charge in [-0.3, -0.25) is 14.4 Å². The number of carbonyl (C=O) groups is 3. The standard InChI is InChI=1S/C17H25N3O6S/c1-4-20(5-2)27(25,26)14-8-6-7-13(9-14)16(22)19-11-15(21)18-10-12(3)17(23)24/h6-9,12H,4-5,10-11H2,1-3H3,(H,18,21)(H,19,22)(H,23,24). The highest BCUT2D eigenvalue weighted by Crippen LogP contribution is 2.16. The highest BCUT2D eigenvalue weighted by atomic mass is 32.2. The molecular formula is C17H25N3O6S. The van der Waals surface area contributed by atoms with Crippen LogP contribution in [0.1, 0.15) is 31.1 Å². The predicted octanol–water partition coefficient (Wildman–Crippen LogP) is 0.284. The first-order chi connectivity index (χ1) is 12.6. The number of hydrogen-bond acceptors (Lipinski definition) is 5. The van der Waals surface area contributed by atoms with Crippen LogP contribution in [0, 0.1) is 5.92 Å². The molecule has 1 aromatic rings. The Morgan fingerprint density at radius 1 is 1.15 bits per heavy atom. The van der Waals surface area contributed by atoms with Crippen LogP contribution in [0.15, 0.2) is 29.2 Å². The molecule has 1 unspecified atom stereocenters. The number of amides is 2. The number of benzene rings is 1. The molecule has 0 saturated heterocycles. The lowest BCUT2D eigenvalue weighted by atomic mass is 10.2. The van der Waals surface area contributed by atoms with E-state index in [0.717, 1.165) is 0 Å². The lowest BCUT2D eigenvalue weighted by Gasteiger charge is -2.18. The van der Waals surface area contributed by atoms with E-state index in [1.165, 1.54) is 35.5 Å². The minimum Gasteiger partial charge on any atom is -0.481 e. The summed E-state index contributed by atoms with van der Waals surface area (Å²) in [5.74, 6) is -2.92. The Kier molecular flexibility index (Phi) is 8.38. The molecule has 9 nitrogen and oxygen atoms in total. The molecule has 0 aromatic heterocycles. The summed E-state index contributed by atoms with van der Waals surface area (Å²) in [4.78, 5) is 34.6. The molecule has 0 aliphatic rings. The molecule has 3 N–H and O–H groups in total. The van der Waals surface area contributed by atoms with Crippen molar-refractivity contribution in [2.75, 3.05) is 26.2 Å². The second-order valence-corrected chi connectivity index (χ2v) is 7.78. The molecule has 0 saturated carbocycles. The van der Waals surface area contributed by atoms with Gasteiger partial charge in [-0.2, -0.15) is 4.31 Å². The first-order valence-corrected chi connectivity index (χ1v) is 9.95. The molecule has 1 aromatic carbocycles. The van der Waals surface area contributed by atoms with Gasteiger partial charge in [-0.15, -0.1) is 0 Å². The summed E-state index contributed by atoms with van der Waals surface area (Å²) in [5, 5.41) is 13.5. The van der Waals surface area contributed by atoms with Crippen LogP contribution in [0.5, 0.6) is 0 Å². The van der Waals surface area contributed by atoms with Gasteiger partial charge in [-0.1, -0.05) is 26.8 Å². The summed E-state index contributed by atoms with van der Waals surface area (Å²) in [6.07, 6.45) is 0. The zero-order chi connectivity index (χ0) is 20.6. The van der Waals surface area contributed by atoms with Crippen molar-refractivity contribution < 1.29 is 27.9 Å². The maximum atomic E-state index is 12.5. The van der Waals surface area contributed by atoms with Gasteiger partial charge in [-0.25, -0.2) is 8.42 Å².